The van der Waals surface area contributed by atoms with E-state index >= 15 is 0 Å². The molecule has 0 aliphatic carbocycles. The first-order valence-corrected chi connectivity index (χ1v) is 14.9. The first-order valence-electron chi connectivity index (χ1n) is 11.1. The van der Waals surface area contributed by atoms with Gasteiger partial charge in [0.05, 0.1) is 23.7 Å². The van der Waals surface area contributed by atoms with Crippen molar-refractivity contribution in [2.45, 2.75) is 70.9 Å². The second-order valence-corrected chi connectivity index (χ2v) is 16.2. The molecule has 0 N–H and O–H groups in total. The summed E-state index contributed by atoms with van der Waals surface area (Å²) >= 11 is 1.51. The molecule has 5 nitrogen and oxygen atoms in total. The molecule has 1 aromatic carbocycles. The van der Waals surface area contributed by atoms with Crippen molar-refractivity contribution < 1.29 is 14.0 Å². The summed E-state index contributed by atoms with van der Waals surface area (Å²) in [6.45, 7) is 16.1. The number of hydrogen-bond acceptors (Lipinski definition) is 5. The molecule has 4 rings (SSSR count). The summed E-state index contributed by atoms with van der Waals surface area (Å²) in [6.07, 6.45) is 1.84. The number of benzene rings is 1. The van der Waals surface area contributed by atoms with E-state index < -0.39 is 8.32 Å². The van der Waals surface area contributed by atoms with Gasteiger partial charge >= 0.3 is 0 Å². The van der Waals surface area contributed by atoms with Gasteiger partial charge in [-0.15, -0.1) is 0 Å². The number of thioether (sulfide) groups is 1. The largest absolute Gasteiger partial charge is 0.413 e. The summed E-state index contributed by atoms with van der Waals surface area (Å²) < 4.78 is 12.6. The Hall–Kier alpha value is -1.41. The molecule has 1 saturated heterocycles. The molecule has 0 bridgehead atoms. The van der Waals surface area contributed by atoms with Gasteiger partial charge in [0.15, 0.2) is 13.5 Å². The third kappa shape index (κ3) is 4.30. The van der Waals surface area contributed by atoms with Crippen LogP contribution in [-0.2, 0) is 26.2 Å². The quantitative estimate of drug-likeness (QED) is 0.446. The molecule has 7 heteroatoms. The van der Waals surface area contributed by atoms with Crippen LogP contribution < -0.4 is 0 Å². The van der Waals surface area contributed by atoms with Gasteiger partial charge in [-0.05, 0) is 66.4 Å². The van der Waals surface area contributed by atoms with Crippen molar-refractivity contribution in [3.05, 3.63) is 45.9 Å². The molecule has 0 unspecified atom stereocenters. The van der Waals surface area contributed by atoms with E-state index in [-0.39, 0.29) is 16.5 Å². The monoisotopic (exact) mass is 458 g/mol. The fourth-order valence-corrected chi connectivity index (χ4v) is 6.13. The highest BCUT2D eigenvalue weighted by Crippen LogP contribution is 2.45. The van der Waals surface area contributed by atoms with Crippen molar-refractivity contribution in [3.63, 3.8) is 0 Å². The number of likely N-dealkylation sites (tertiary alicyclic amines) is 1. The van der Waals surface area contributed by atoms with E-state index in [0.29, 0.717) is 13.2 Å². The van der Waals surface area contributed by atoms with Crippen LogP contribution in [0.2, 0.25) is 18.1 Å². The fraction of sp³-hybridized carbons (Fsp3) is 0.583. The molecule has 0 atom stereocenters. The molecule has 1 aromatic rings. The second-order valence-electron chi connectivity index (χ2n) is 10.4. The van der Waals surface area contributed by atoms with Crippen molar-refractivity contribution in [3.8, 4) is 0 Å². The Kier molecular flexibility index (Phi) is 6.00. The minimum atomic E-state index is -1.85. The molecule has 1 amide bonds. The standard InChI is InChI=1S/C24H34N2O3SSi/c1-17(15-29-31(5,6)23(2,3)4)20-21(27)25-22(30-20)26-13-11-24(12-14-26)19-10-8-7-9-18(19)16-28-24/h7-10H,11-16H2,1-6H3/b20-17-. The van der Waals surface area contributed by atoms with Gasteiger partial charge < -0.3 is 14.1 Å². The molecule has 1 fully saturated rings. The normalized spacial score (nSPS) is 22.7. The van der Waals surface area contributed by atoms with E-state index in [4.69, 9.17) is 9.16 Å². The minimum Gasteiger partial charge on any atom is -0.413 e. The Labute approximate surface area is 191 Å². The van der Waals surface area contributed by atoms with Gasteiger partial charge in [-0.1, -0.05) is 45.0 Å². The molecular formula is C24H34N2O3SSi. The van der Waals surface area contributed by atoms with Crippen LogP contribution in [0.5, 0.6) is 0 Å². The van der Waals surface area contributed by atoms with Crippen molar-refractivity contribution >= 4 is 31.2 Å². The minimum absolute atomic E-state index is 0.126. The lowest BCUT2D eigenvalue weighted by Crippen LogP contribution is -2.44. The predicted molar refractivity (Wildman–Crippen MR) is 130 cm³/mol. The zero-order chi connectivity index (χ0) is 22.4. The number of aliphatic imine (C=N–C) groups is 1. The molecule has 3 aliphatic heterocycles. The number of amides is 1. The highest BCUT2D eigenvalue weighted by Gasteiger charge is 2.44. The number of carbonyl (C=O) groups is 1. The Morgan fingerprint density at radius 1 is 1.26 bits per heavy atom. The maximum absolute atomic E-state index is 12.6. The van der Waals surface area contributed by atoms with Crippen molar-refractivity contribution in [1.29, 1.82) is 0 Å². The number of hydrogen-bond donors (Lipinski definition) is 0. The highest BCUT2D eigenvalue weighted by molar-refractivity contribution is 8.18. The number of carbonyl (C=O) groups excluding carboxylic acids is 1. The van der Waals surface area contributed by atoms with E-state index in [2.05, 4.69) is 68.0 Å². The zero-order valence-electron chi connectivity index (χ0n) is 19.6. The topological polar surface area (TPSA) is 51.1 Å². The molecule has 0 aromatic heterocycles. The van der Waals surface area contributed by atoms with E-state index in [1.807, 2.05) is 6.92 Å². The molecule has 31 heavy (non-hydrogen) atoms. The van der Waals surface area contributed by atoms with Crippen LogP contribution in [0.3, 0.4) is 0 Å². The van der Waals surface area contributed by atoms with Crippen molar-refractivity contribution in [1.82, 2.24) is 4.90 Å². The maximum Gasteiger partial charge on any atom is 0.286 e. The van der Waals surface area contributed by atoms with E-state index in [0.717, 1.165) is 41.6 Å². The van der Waals surface area contributed by atoms with Crippen LogP contribution >= 0.6 is 11.8 Å². The average Bonchev–Trinajstić information content (AvgIpc) is 3.28. The Bertz CT molecular complexity index is 940. The van der Waals surface area contributed by atoms with Crippen LogP contribution in [0, 0.1) is 0 Å². The molecule has 168 valence electrons. The van der Waals surface area contributed by atoms with E-state index in [1.54, 1.807) is 0 Å². The zero-order valence-corrected chi connectivity index (χ0v) is 21.4. The van der Waals surface area contributed by atoms with E-state index in [1.165, 1.54) is 22.9 Å². The lowest BCUT2D eigenvalue weighted by Gasteiger charge is -2.39. The fourth-order valence-electron chi connectivity index (χ4n) is 4.13. The SMILES string of the molecule is C/C(CO[Si](C)(C)C(C)(C)C)=C1/SC(N2CCC3(CC2)OCc2ccccc23)=NC1=O. The highest BCUT2D eigenvalue weighted by atomic mass is 32.2. The number of rotatable bonds is 3. The first-order chi connectivity index (χ1) is 14.5. The number of piperidine rings is 1. The maximum atomic E-state index is 12.6. The number of fused-ring (bicyclic) bond motifs is 2. The van der Waals surface area contributed by atoms with Gasteiger partial charge in [-0.2, -0.15) is 4.99 Å². The molecule has 3 aliphatic rings. The summed E-state index contributed by atoms with van der Waals surface area (Å²) in [6, 6.07) is 8.55. The molecule has 0 saturated carbocycles. The Morgan fingerprint density at radius 2 is 1.94 bits per heavy atom. The van der Waals surface area contributed by atoms with Crippen LogP contribution in [0.15, 0.2) is 39.7 Å². The van der Waals surface area contributed by atoms with Gasteiger partial charge in [0.1, 0.15) is 0 Å². The van der Waals surface area contributed by atoms with Gasteiger partial charge in [-0.25, -0.2) is 0 Å². The van der Waals surface area contributed by atoms with Gasteiger partial charge in [0.25, 0.3) is 5.91 Å². The number of nitrogens with zero attached hydrogens (tertiary/aromatic N) is 2. The van der Waals surface area contributed by atoms with Gasteiger partial charge in [-0.3, -0.25) is 4.79 Å². The number of amidine groups is 1. The molecule has 3 heterocycles. The summed E-state index contributed by atoms with van der Waals surface area (Å²) in [5.74, 6) is -0.126. The molecular weight excluding hydrogens is 424 g/mol. The number of ether oxygens (including phenoxy) is 1. The lowest BCUT2D eigenvalue weighted by atomic mass is 9.84. The van der Waals surface area contributed by atoms with Crippen LogP contribution in [-0.4, -0.2) is 44.0 Å². The summed E-state index contributed by atoms with van der Waals surface area (Å²) in [4.78, 5) is 20.0. The lowest BCUT2D eigenvalue weighted by molar-refractivity contribution is -0.113. The third-order valence-electron chi connectivity index (χ3n) is 7.28. The van der Waals surface area contributed by atoms with Crippen molar-refractivity contribution in [2.24, 2.45) is 4.99 Å². The first kappa shape index (κ1) is 22.8. The average molecular weight is 459 g/mol. The summed E-state index contributed by atoms with van der Waals surface area (Å²) in [7, 11) is -1.85. The van der Waals surface area contributed by atoms with Crippen LogP contribution in [0.1, 0.15) is 51.7 Å². The van der Waals surface area contributed by atoms with Crippen LogP contribution in [0.4, 0.5) is 0 Å². The predicted octanol–water partition coefficient (Wildman–Crippen LogP) is 5.43. The Morgan fingerprint density at radius 3 is 2.61 bits per heavy atom. The third-order valence-corrected chi connectivity index (χ3v) is 13.0. The second kappa shape index (κ2) is 8.18. The smallest absolute Gasteiger partial charge is 0.286 e. The Balaban J connectivity index is 1.39. The summed E-state index contributed by atoms with van der Waals surface area (Å²) in [5.41, 5.74) is 3.46. The van der Waals surface area contributed by atoms with E-state index in [9.17, 15) is 4.79 Å². The molecule has 1 spiro atoms. The van der Waals surface area contributed by atoms with Crippen molar-refractivity contribution in [2.75, 3.05) is 19.7 Å². The van der Waals surface area contributed by atoms with Crippen LogP contribution in [0.25, 0.3) is 0 Å². The van der Waals surface area contributed by atoms with Gasteiger partial charge in [0, 0.05) is 13.1 Å². The van der Waals surface area contributed by atoms with Gasteiger partial charge in [0.2, 0.25) is 0 Å². The summed E-state index contributed by atoms with van der Waals surface area (Å²) in [5, 5.41) is 0.977. The molecule has 0 radical (unpaired) electrons.